The van der Waals surface area contributed by atoms with Crippen molar-refractivity contribution in [1.29, 1.82) is 0 Å². The lowest BCUT2D eigenvalue weighted by Gasteiger charge is -2.47. The number of β-amino-alcohol motifs (C(OH)–C–C–N with tert-alkyl or cyclic N) is 1. The van der Waals surface area contributed by atoms with Gasteiger partial charge < -0.3 is 15.1 Å². The largest absolute Gasteiger partial charge is 0.386 e. The molecule has 4 nitrogen and oxygen atoms in total. The van der Waals surface area contributed by atoms with Gasteiger partial charge in [0.25, 0.3) is 5.91 Å². The third kappa shape index (κ3) is 1.44. The highest BCUT2D eigenvalue weighted by molar-refractivity contribution is 5.81. The van der Waals surface area contributed by atoms with Crippen LogP contribution in [0.4, 0.5) is 0 Å². The Kier molecular flexibility index (Phi) is 1.85. The molecule has 0 aromatic carbocycles. The fraction of sp³-hybridized carbons (Fsp3) is 0.889. The Morgan fingerprint density at radius 1 is 1.54 bits per heavy atom. The summed E-state index contributed by atoms with van der Waals surface area (Å²) in [6.07, 6.45) is 1.21. The van der Waals surface area contributed by atoms with E-state index in [-0.39, 0.29) is 5.91 Å². The zero-order valence-corrected chi connectivity index (χ0v) is 7.73. The number of aliphatic hydroxyl groups excluding tert-OH is 1. The van der Waals surface area contributed by atoms with Crippen molar-refractivity contribution in [2.45, 2.75) is 31.5 Å². The quantitative estimate of drug-likeness (QED) is 0.601. The zero-order valence-electron chi connectivity index (χ0n) is 7.73. The van der Waals surface area contributed by atoms with Crippen molar-refractivity contribution in [3.63, 3.8) is 0 Å². The van der Waals surface area contributed by atoms with Gasteiger partial charge in [0.1, 0.15) is 11.7 Å². The van der Waals surface area contributed by atoms with Gasteiger partial charge in [-0.05, 0) is 25.7 Å². The lowest BCUT2D eigenvalue weighted by molar-refractivity contribution is -0.166. The van der Waals surface area contributed by atoms with E-state index < -0.39 is 11.7 Å². The average Bonchev–Trinajstić information content (AvgIpc) is 2.79. The minimum atomic E-state index is -0.941. The number of rotatable bonds is 2. The summed E-state index contributed by atoms with van der Waals surface area (Å²) in [4.78, 5) is 12.7. The maximum atomic E-state index is 11.2. The van der Waals surface area contributed by atoms with Gasteiger partial charge in [-0.2, -0.15) is 0 Å². The molecular weight excluding hydrogens is 170 g/mol. The minimum absolute atomic E-state index is 0.273. The zero-order chi connectivity index (χ0) is 9.64. The molecule has 2 rings (SSSR count). The topological polar surface area (TPSA) is 60.8 Å². The van der Waals surface area contributed by atoms with E-state index in [0.29, 0.717) is 19.0 Å². The lowest BCUT2D eigenvalue weighted by atomic mass is 9.88. The maximum Gasteiger partial charge on any atom is 0.251 e. The predicted octanol–water partition coefficient (Wildman–Crippen LogP) is -0.650. The highest BCUT2D eigenvalue weighted by Gasteiger charge is 2.53. The lowest BCUT2D eigenvalue weighted by Crippen LogP contribution is -2.66. The highest BCUT2D eigenvalue weighted by Crippen LogP contribution is 2.44. The molecule has 1 amide bonds. The van der Waals surface area contributed by atoms with Gasteiger partial charge in [0.2, 0.25) is 0 Å². The molecule has 2 aliphatic rings. The number of amides is 1. The van der Waals surface area contributed by atoms with Crippen molar-refractivity contribution >= 4 is 5.91 Å². The Hall–Kier alpha value is -0.610. The molecule has 1 saturated heterocycles. The summed E-state index contributed by atoms with van der Waals surface area (Å²) in [6.45, 7) is 2.26. The van der Waals surface area contributed by atoms with Crippen LogP contribution < -0.4 is 0 Å². The summed E-state index contributed by atoms with van der Waals surface area (Å²) in [5, 5.41) is 18.9. The molecule has 1 heterocycles. The molecule has 13 heavy (non-hydrogen) atoms. The molecular formula is C9H15NO3. The van der Waals surface area contributed by atoms with Crippen molar-refractivity contribution in [3.05, 3.63) is 0 Å². The van der Waals surface area contributed by atoms with Crippen molar-refractivity contribution in [2.75, 3.05) is 13.1 Å². The van der Waals surface area contributed by atoms with Gasteiger partial charge in [-0.3, -0.25) is 4.79 Å². The molecule has 1 saturated carbocycles. The minimum Gasteiger partial charge on any atom is -0.386 e. The van der Waals surface area contributed by atoms with E-state index in [2.05, 4.69) is 0 Å². The number of aliphatic hydroxyl groups is 2. The first-order valence-corrected chi connectivity index (χ1v) is 4.72. The molecule has 2 fully saturated rings. The van der Waals surface area contributed by atoms with E-state index in [1.165, 1.54) is 11.8 Å². The molecule has 0 bridgehead atoms. The number of likely N-dealkylation sites (tertiary alicyclic amines) is 1. The molecule has 1 aliphatic heterocycles. The summed E-state index contributed by atoms with van der Waals surface area (Å²) < 4.78 is 0. The average molecular weight is 185 g/mol. The van der Waals surface area contributed by atoms with Gasteiger partial charge in [-0.1, -0.05) is 0 Å². The Labute approximate surface area is 77.2 Å². The number of nitrogens with zero attached hydrogens (tertiary/aromatic N) is 1. The third-order valence-electron chi connectivity index (χ3n) is 2.94. The van der Waals surface area contributed by atoms with Gasteiger partial charge in [-0.15, -0.1) is 0 Å². The maximum absolute atomic E-state index is 11.2. The van der Waals surface area contributed by atoms with Crippen molar-refractivity contribution in [1.82, 2.24) is 4.90 Å². The van der Waals surface area contributed by atoms with E-state index in [0.717, 1.165) is 12.8 Å². The molecule has 0 unspecified atom stereocenters. The molecule has 4 heteroatoms. The molecule has 74 valence electrons. The van der Waals surface area contributed by atoms with Crippen LogP contribution in [0.25, 0.3) is 0 Å². The number of hydrogen-bond acceptors (Lipinski definition) is 3. The highest BCUT2D eigenvalue weighted by atomic mass is 16.3. The van der Waals surface area contributed by atoms with Crippen molar-refractivity contribution in [3.8, 4) is 0 Å². The van der Waals surface area contributed by atoms with Crippen LogP contribution in [-0.4, -0.2) is 45.8 Å². The molecule has 0 radical (unpaired) electrons. The Bertz CT molecular complexity index is 229. The monoisotopic (exact) mass is 185 g/mol. The summed E-state index contributed by atoms with van der Waals surface area (Å²) in [5.74, 6) is 0.121. The van der Waals surface area contributed by atoms with Crippen LogP contribution in [0.2, 0.25) is 0 Å². The van der Waals surface area contributed by atoms with Crippen LogP contribution in [0.1, 0.15) is 19.8 Å². The second-order valence-corrected chi connectivity index (χ2v) is 4.25. The number of carbonyl (C=O) groups excluding carboxylic acids is 1. The van der Waals surface area contributed by atoms with Gasteiger partial charge in [0.15, 0.2) is 0 Å². The van der Waals surface area contributed by atoms with Crippen molar-refractivity contribution in [2.24, 2.45) is 5.92 Å². The Balaban J connectivity index is 1.86. The summed E-state index contributed by atoms with van der Waals surface area (Å²) in [5.41, 5.74) is -0.634. The van der Waals surface area contributed by atoms with E-state index >= 15 is 0 Å². The molecule has 2 N–H and O–H groups in total. The second-order valence-electron chi connectivity index (χ2n) is 4.25. The molecule has 0 spiro atoms. The molecule has 0 aromatic rings. The smallest absolute Gasteiger partial charge is 0.251 e. The summed E-state index contributed by atoms with van der Waals surface area (Å²) in [7, 11) is 0. The fourth-order valence-corrected chi connectivity index (χ4v) is 1.91. The van der Waals surface area contributed by atoms with Crippen LogP contribution in [-0.2, 0) is 4.79 Å². The molecule has 0 aromatic heterocycles. The van der Waals surface area contributed by atoms with Gasteiger partial charge in [0.05, 0.1) is 13.1 Å². The number of carbonyl (C=O) groups is 1. The van der Waals surface area contributed by atoms with Crippen LogP contribution >= 0.6 is 0 Å². The second kappa shape index (κ2) is 2.69. The van der Waals surface area contributed by atoms with Gasteiger partial charge >= 0.3 is 0 Å². The Morgan fingerprint density at radius 3 is 2.46 bits per heavy atom. The summed E-state index contributed by atoms with van der Waals surface area (Å²) >= 11 is 0. The van der Waals surface area contributed by atoms with E-state index in [9.17, 15) is 9.90 Å². The van der Waals surface area contributed by atoms with Gasteiger partial charge in [-0.25, -0.2) is 0 Å². The third-order valence-corrected chi connectivity index (χ3v) is 2.94. The Morgan fingerprint density at radius 2 is 2.08 bits per heavy atom. The molecule has 1 atom stereocenters. The van der Waals surface area contributed by atoms with Gasteiger partial charge in [0, 0.05) is 0 Å². The first kappa shape index (κ1) is 8.97. The van der Waals surface area contributed by atoms with Crippen LogP contribution in [0, 0.1) is 5.92 Å². The van der Waals surface area contributed by atoms with Crippen LogP contribution in [0.15, 0.2) is 0 Å². The van der Waals surface area contributed by atoms with E-state index in [1.807, 2.05) is 0 Å². The van der Waals surface area contributed by atoms with Crippen LogP contribution in [0.5, 0.6) is 0 Å². The first-order chi connectivity index (χ1) is 6.03. The fourth-order valence-electron chi connectivity index (χ4n) is 1.91. The van der Waals surface area contributed by atoms with E-state index in [1.54, 1.807) is 0 Å². The molecule has 1 aliphatic carbocycles. The standard InChI is InChI=1S/C9H15NO3/c1-6(11)8(12)10-4-9(13,5-10)7-2-3-7/h6-7,11,13H,2-5H2,1H3/t6-/m0/s1. The number of hydrogen-bond donors (Lipinski definition) is 2. The predicted molar refractivity (Wildman–Crippen MR) is 45.9 cm³/mol. The van der Waals surface area contributed by atoms with E-state index in [4.69, 9.17) is 5.11 Å². The first-order valence-electron chi connectivity index (χ1n) is 4.72. The van der Waals surface area contributed by atoms with Crippen LogP contribution in [0.3, 0.4) is 0 Å². The van der Waals surface area contributed by atoms with Crippen molar-refractivity contribution < 1.29 is 15.0 Å². The summed E-state index contributed by atoms with van der Waals surface area (Å²) in [6, 6.07) is 0. The SMILES string of the molecule is C[C@H](O)C(=O)N1CC(O)(C2CC2)C1. The normalized spacial score (nSPS) is 28.1.